The molecule has 0 atom stereocenters. The summed E-state index contributed by atoms with van der Waals surface area (Å²) >= 11 is 0. The highest BCUT2D eigenvalue weighted by atomic mass is 16.1. The van der Waals surface area contributed by atoms with Gasteiger partial charge >= 0.3 is 0 Å². The van der Waals surface area contributed by atoms with Crippen LogP contribution in [-0.2, 0) is 0 Å². The van der Waals surface area contributed by atoms with Gasteiger partial charge in [0.1, 0.15) is 5.82 Å². The van der Waals surface area contributed by atoms with Gasteiger partial charge < -0.3 is 20.0 Å². The predicted molar refractivity (Wildman–Crippen MR) is 114 cm³/mol. The number of piperazine rings is 1. The fourth-order valence-electron chi connectivity index (χ4n) is 3.88. The Balaban J connectivity index is 1.39. The van der Waals surface area contributed by atoms with Crippen LogP contribution in [-0.4, -0.2) is 62.1 Å². The maximum Gasteiger partial charge on any atom is 0.255 e. The monoisotopic (exact) mass is 379 g/mol. The molecule has 0 aliphatic carbocycles. The molecular weight excluding hydrogens is 350 g/mol. The number of carbonyl (C=O) groups is 1. The first-order valence-electron chi connectivity index (χ1n) is 10.2. The van der Waals surface area contributed by atoms with Crippen LogP contribution in [0.5, 0.6) is 0 Å². The number of benzene rings is 1. The van der Waals surface area contributed by atoms with E-state index in [1.54, 1.807) is 12.3 Å². The number of hydrogen-bond acceptors (Lipinski definition) is 5. The summed E-state index contributed by atoms with van der Waals surface area (Å²) in [4.78, 5) is 24.2. The molecule has 0 saturated carbocycles. The molecule has 1 aromatic heterocycles. The summed E-state index contributed by atoms with van der Waals surface area (Å²) in [6.45, 7) is 6.29. The molecule has 1 N–H and O–H groups in total. The molecule has 6 heteroatoms. The molecule has 2 saturated heterocycles. The van der Waals surface area contributed by atoms with Crippen LogP contribution in [0, 0.1) is 0 Å². The Morgan fingerprint density at radius 2 is 1.61 bits per heavy atom. The third-order valence-electron chi connectivity index (χ3n) is 5.68. The van der Waals surface area contributed by atoms with Gasteiger partial charge in [-0.05, 0) is 62.7 Å². The summed E-state index contributed by atoms with van der Waals surface area (Å²) < 4.78 is 0. The molecule has 6 nitrogen and oxygen atoms in total. The van der Waals surface area contributed by atoms with E-state index in [2.05, 4.69) is 44.2 Å². The Hall–Kier alpha value is -2.60. The molecule has 1 amide bonds. The molecule has 148 valence electrons. The largest absolute Gasteiger partial charge is 0.369 e. The van der Waals surface area contributed by atoms with Crippen molar-refractivity contribution in [3.05, 3.63) is 48.2 Å². The highest BCUT2D eigenvalue weighted by Crippen LogP contribution is 2.21. The fourth-order valence-corrected chi connectivity index (χ4v) is 3.88. The van der Waals surface area contributed by atoms with Gasteiger partial charge in [-0.1, -0.05) is 0 Å². The second-order valence-corrected chi connectivity index (χ2v) is 7.74. The minimum atomic E-state index is -0.0898. The number of rotatable bonds is 4. The van der Waals surface area contributed by atoms with Crippen molar-refractivity contribution in [3.63, 3.8) is 0 Å². The third-order valence-corrected chi connectivity index (χ3v) is 5.68. The van der Waals surface area contributed by atoms with Gasteiger partial charge in [0, 0.05) is 62.4 Å². The zero-order chi connectivity index (χ0) is 19.3. The summed E-state index contributed by atoms with van der Waals surface area (Å²) in [5.41, 5.74) is 2.68. The number of hydrogen-bond donors (Lipinski definition) is 1. The zero-order valence-electron chi connectivity index (χ0n) is 16.6. The van der Waals surface area contributed by atoms with Gasteiger partial charge in [0.05, 0.1) is 0 Å². The summed E-state index contributed by atoms with van der Waals surface area (Å²) in [5, 5.41) is 3.01. The average Bonchev–Trinajstić information content (AvgIpc) is 2.76. The summed E-state index contributed by atoms with van der Waals surface area (Å²) in [7, 11) is 2.16. The molecule has 0 unspecified atom stereocenters. The van der Waals surface area contributed by atoms with Crippen molar-refractivity contribution in [2.24, 2.45) is 0 Å². The second kappa shape index (κ2) is 8.61. The molecule has 0 bridgehead atoms. The predicted octanol–water partition coefficient (Wildman–Crippen LogP) is 3.08. The van der Waals surface area contributed by atoms with Crippen LogP contribution in [0.25, 0.3) is 0 Å². The minimum absolute atomic E-state index is 0.0898. The van der Waals surface area contributed by atoms with Gasteiger partial charge in [-0.25, -0.2) is 4.98 Å². The van der Waals surface area contributed by atoms with Crippen LogP contribution in [0.2, 0.25) is 0 Å². The van der Waals surface area contributed by atoms with Crippen LogP contribution in [0.1, 0.15) is 29.6 Å². The van der Waals surface area contributed by atoms with E-state index in [1.165, 1.54) is 24.9 Å². The van der Waals surface area contributed by atoms with E-state index in [0.717, 1.165) is 50.8 Å². The molecule has 4 rings (SSSR count). The van der Waals surface area contributed by atoms with Crippen molar-refractivity contribution in [2.45, 2.75) is 19.3 Å². The van der Waals surface area contributed by atoms with E-state index in [0.29, 0.717) is 5.56 Å². The van der Waals surface area contributed by atoms with Crippen LogP contribution >= 0.6 is 0 Å². The smallest absolute Gasteiger partial charge is 0.255 e. The number of carbonyl (C=O) groups excluding carboxylic acids is 1. The van der Waals surface area contributed by atoms with Gasteiger partial charge in [-0.2, -0.15) is 0 Å². The van der Waals surface area contributed by atoms with Crippen LogP contribution in [0.4, 0.5) is 17.2 Å². The van der Waals surface area contributed by atoms with Gasteiger partial charge in [0.2, 0.25) is 0 Å². The third kappa shape index (κ3) is 4.44. The van der Waals surface area contributed by atoms with Crippen molar-refractivity contribution in [1.29, 1.82) is 0 Å². The lowest BCUT2D eigenvalue weighted by atomic mass is 10.1. The lowest BCUT2D eigenvalue weighted by Crippen LogP contribution is -2.44. The highest BCUT2D eigenvalue weighted by molar-refractivity contribution is 6.04. The molecule has 2 aliphatic rings. The van der Waals surface area contributed by atoms with Crippen molar-refractivity contribution in [2.75, 3.05) is 61.4 Å². The molecule has 2 aromatic rings. The van der Waals surface area contributed by atoms with E-state index < -0.39 is 0 Å². The van der Waals surface area contributed by atoms with E-state index in [9.17, 15) is 4.79 Å². The fraction of sp³-hybridized carbons (Fsp3) is 0.455. The van der Waals surface area contributed by atoms with Crippen molar-refractivity contribution in [1.82, 2.24) is 9.88 Å². The Bertz CT molecular complexity index is 793. The van der Waals surface area contributed by atoms with Crippen LogP contribution in [0.15, 0.2) is 42.6 Å². The number of nitrogens with one attached hydrogen (secondary N) is 1. The minimum Gasteiger partial charge on any atom is -0.369 e. The first kappa shape index (κ1) is 18.7. The van der Waals surface area contributed by atoms with Crippen molar-refractivity contribution in [3.8, 4) is 0 Å². The standard InChI is InChI=1S/C22H29N5O/c1-25-13-15-26(16-14-25)20-7-5-19(6-8-20)24-22(28)18-9-10-23-21(17-18)27-11-3-2-4-12-27/h5-10,17H,2-4,11-16H2,1H3,(H,24,28). The van der Waals surface area contributed by atoms with Crippen molar-refractivity contribution < 1.29 is 4.79 Å². The summed E-state index contributed by atoms with van der Waals surface area (Å²) in [6, 6.07) is 11.8. The maximum atomic E-state index is 12.7. The Kier molecular flexibility index (Phi) is 5.76. The van der Waals surface area contributed by atoms with E-state index >= 15 is 0 Å². The van der Waals surface area contributed by atoms with Crippen molar-refractivity contribution >= 4 is 23.1 Å². The number of pyridine rings is 1. The first-order valence-corrected chi connectivity index (χ1v) is 10.2. The second-order valence-electron chi connectivity index (χ2n) is 7.74. The summed E-state index contributed by atoms with van der Waals surface area (Å²) in [5.74, 6) is 0.811. The highest BCUT2D eigenvalue weighted by Gasteiger charge is 2.16. The molecule has 3 heterocycles. The maximum absolute atomic E-state index is 12.7. The molecule has 28 heavy (non-hydrogen) atoms. The molecular formula is C22H29N5O. The normalized spacial score (nSPS) is 18.2. The molecule has 1 aromatic carbocycles. The number of anilines is 3. The van der Waals surface area contributed by atoms with Gasteiger partial charge in [-0.15, -0.1) is 0 Å². The van der Waals surface area contributed by atoms with Crippen LogP contribution in [0.3, 0.4) is 0 Å². The summed E-state index contributed by atoms with van der Waals surface area (Å²) in [6.07, 6.45) is 5.39. The number of likely N-dealkylation sites (N-methyl/N-ethyl adjacent to an activating group) is 1. The number of amides is 1. The molecule has 0 radical (unpaired) electrons. The topological polar surface area (TPSA) is 51.7 Å². The van der Waals surface area contributed by atoms with E-state index in [4.69, 9.17) is 0 Å². The Morgan fingerprint density at radius 3 is 2.32 bits per heavy atom. The van der Waals surface area contributed by atoms with Gasteiger partial charge in [0.25, 0.3) is 5.91 Å². The van der Waals surface area contributed by atoms with Gasteiger partial charge in [-0.3, -0.25) is 4.79 Å². The average molecular weight is 380 g/mol. The SMILES string of the molecule is CN1CCN(c2ccc(NC(=O)c3ccnc(N4CCCCC4)c3)cc2)CC1. The van der Waals surface area contributed by atoms with Gasteiger partial charge in [0.15, 0.2) is 0 Å². The molecule has 2 fully saturated rings. The quantitative estimate of drug-likeness (QED) is 0.885. The Labute approximate surface area is 167 Å². The number of nitrogens with zero attached hydrogens (tertiary/aromatic N) is 4. The van der Waals surface area contributed by atoms with Crippen LogP contribution < -0.4 is 15.1 Å². The first-order chi connectivity index (χ1) is 13.7. The van der Waals surface area contributed by atoms with E-state index in [1.807, 2.05) is 18.2 Å². The van der Waals surface area contributed by atoms with E-state index in [-0.39, 0.29) is 5.91 Å². The molecule has 0 spiro atoms. The number of piperidine rings is 1. The lowest BCUT2D eigenvalue weighted by Gasteiger charge is -2.34. The number of aromatic nitrogens is 1. The Morgan fingerprint density at radius 1 is 0.893 bits per heavy atom. The lowest BCUT2D eigenvalue weighted by molar-refractivity contribution is 0.102. The zero-order valence-corrected chi connectivity index (χ0v) is 16.6. The molecule has 2 aliphatic heterocycles.